The number of aromatic nitrogens is 3. The SMILES string of the molecule is Cc1cc2ncc(C(C)NC(C)C(O)Cc3ccccc3)c(C)n2n1. The third-order valence-corrected chi connectivity index (χ3v) is 4.73. The maximum atomic E-state index is 10.5. The van der Waals surface area contributed by atoms with Crippen molar-refractivity contribution in [3.05, 3.63) is 65.1 Å². The Morgan fingerprint density at radius 2 is 1.88 bits per heavy atom. The van der Waals surface area contributed by atoms with Gasteiger partial charge in [-0.15, -0.1) is 0 Å². The first-order chi connectivity index (χ1) is 12.0. The molecule has 3 unspecified atom stereocenters. The van der Waals surface area contributed by atoms with Crippen LogP contribution in [0.5, 0.6) is 0 Å². The summed E-state index contributed by atoms with van der Waals surface area (Å²) in [4.78, 5) is 4.50. The van der Waals surface area contributed by atoms with Gasteiger partial charge in [-0.2, -0.15) is 5.10 Å². The molecule has 3 atom stereocenters. The van der Waals surface area contributed by atoms with Gasteiger partial charge in [-0.25, -0.2) is 9.50 Å². The van der Waals surface area contributed by atoms with E-state index in [4.69, 9.17) is 0 Å². The van der Waals surface area contributed by atoms with Crippen LogP contribution in [0.4, 0.5) is 0 Å². The predicted octanol–water partition coefficient (Wildman–Crippen LogP) is 2.99. The van der Waals surface area contributed by atoms with Gasteiger partial charge in [0.2, 0.25) is 0 Å². The molecule has 0 radical (unpaired) electrons. The highest BCUT2D eigenvalue weighted by molar-refractivity contribution is 5.42. The van der Waals surface area contributed by atoms with E-state index in [0.717, 1.165) is 28.2 Å². The number of nitrogens with one attached hydrogen (secondary N) is 1. The lowest BCUT2D eigenvalue weighted by Crippen LogP contribution is -2.40. The fraction of sp³-hybridized carbons (Fsp3) is 0.400. The highest BCUT2D eigenvalue weighted by Crippen LogP contribution is 2.19. The Labute approximate surface area is 148 Å². The summed E-state index contributed by atoms with van der Waals surface area (Å²) < 4.78 is 1.88. The summed E-state index contributed by atoms with van der Waals surface area (Å²) in [6, 6.07) is 12.1. The highest BCUT2D eigenvalue weighted by atomic mass is 16.3. The minimum atomic E-state index is -0.450. The molecule has 0 fully saturated rings. The van der Waals surface area contributed by atoms with Crippen molar-refractivity contribution in [2.24, 2.45) is 0 Å². The first-order valence-corrected chi connectivity index (χ1v) is 8.75. The molecule has 132 valence electrons. The van der Waals surface area contributed by atoms with Crippen molar-refractivity contribution in [1.82, 2.24) is 19.9 Å². The molecule has 0 saturated heterocycles. The zero-order valence-electron chi connectivity index (χ0n) is 15.3. The summed E-state index contributed by atoms with van der Waals surface area (Å²) in [5.74, 6) is 0. The Hall–Kier alpha value is -2.24. The van der Waals surface area contributed by atoms with Gasteiger partial charge in [-0.3, -0.25) is 0 Å². The van der Waals surface area contributed by atoms with Gasteiger partial charge < -0.3 is 10.4 Å². The van der Waals surface area contributed by atoms with Crippen molar-refractivity contribution in [3.8, 4) is 0 Å². The Kier molecular flexibility index (Phi) is 5.16. The molecule has 0 saturated carbocycles. The number of nitrogens with zero attached hydrogens (tertiary/aromatic N) is 3. The van der Waals surface area contributed by atoms with E-state index in [2.05, 4.69) is 29.2 Å². The average molecular weight is 338 g/mol. The Morgan fingerprint density at radius 1 is 1.16 bits per heavy atom. The van der Waals surface area contributed by atoms with Crippen LogP contribution in [0.15, 0.2) is 42.6 Å². The third-order valence-electron chi connectivity index (χ3n) is 4.73. The van der Waals surface area contributed by atoms with Crippen LogP contribution in [-0.4, -0.2) is 31.9 Å². The number of aliphatic hydroxyl groups is 1. The van der Waals surface area contributed by atoms with E-state index in [1.54, 1.807) is 0 Å². The second kappa shape index (κ2) is 7.33. The summed E-state index contributed by atoms with van der Waals surface area (Å²) in [6.45, 7) is 8.14. The highest BCUT2D eigenvalue weighted by Gasteiger charge is 2.20. The monoisotopic (exact) mass is 338 g/mol. The quantitative estimate of drug-likeness (QED) is 0.725. The summed E-state index contributed by atoms with van der Waals surface area (Å²) in [5.41, 5.74) is 5.13. The molecule has 3 rings (SSSR count). The Bertz CT molecular complexity index is 844. The Balaban J connectivity index is 1.70. The lowest BCUT2D eigenvalue weighted by atomic mass is 10.0. The van der Waals surface area contributed by atoms with E-state index >= 15 is 0 Å². The standard InChI is InChI=1S/C20H26N4O/c1-13-10-20-21-12-18(16(4)24(20)23-13)14(2)22-15(3)19(25)11-17-8-6-5-7-9-17/h5-10,12,14-15,19,22,25H,11H2,1-4H3. The van der Waals surface area contributed by atoms with E-state index in [-0.39, 0.29) is 12.1 Å². The second-order valence-corrected chi connectivity index (χ2v) is 6.79. The van der Waals surface area contributed by atoms with Gasteiger partial charge in [0.15, 0.2) is 5.65 Å². The van der Waals surface area contributed by atoms with Crippen LogP contribution < -0.4 is 5.32 Å². The lowest BCUT2D eigenvalue weighted by molar-refractivity contribution is 0.129. The number of hydrogen-bond acceptors (Lipinski definition) is 4. The number of aryl methyl sites for hydroxylation is 2. The lowest BCUT2D eigenvalue weighted by Gasteiger charge is -2.25. The molecule has 25 heavy (non-hydrogen) atoms. The minimum absolute atomic E-state index is 0.0374. The molecule has 2 aromatic heterocycles. The first kappa shape index (κ1) is 17.6. The average Bonchev–Trinajstić information content (AvgIpc) is 2.97. The van der Waals surface area contributed by atoms with Crippen LogP contribution in [0.3, 0.4) is 0 Å². The van der Waals surface area contributed by atoms with Crippen LogP contribution >= 0.6 is 0 Å². The number of fused-ring (bicyclic) bond motifs is 1. The normalized spacial score (nSPS) is 15.2. The summed E-state index contributed by atoms with van der Waals surface area (Å²) in [7, 11) is 0. The molecule has 0 aliphatic rings. The van der Waals surface area contributed by atoms with Gasteiger partial charge in [0.1, 0.15) is 0 Å². The smallest absolute Gasteiger partial charge is 0.155 e. The van der Waals surface area contributed by atoms with Crippen molar-refractivity contribution in [3.63, 3.8) is 0 Å². The molecule has 0 amide bonds. The molecular weight excluding hydrogens is 312 g/mol. The Morgan fingerprint density at radius 3 is 2.60 bits per heavy atom. The molecule has 1 aromatic carbocycles. The van der Waals surface area contributed by atoms with Crippen molar-refractivity contribution < 1.29 is 5.11 Å². The molecule has 5 nitrogen and oxygen atoms in total. The molecule has 2 N–H and O–H groups in total. The molecule has 0 aliphatic heterocycles. The van der Waals surface area contributed by atoms with Gasteiger partial charge >= 0.3 is 0 Å². The second-order valence-electron chi connectivity index (χ2n) is 6.79. The van der Waals surface area contributed by atoms with Crippen LogP contribution in [0.1, 0.15) is 42.4 Å². The fourth-order valence-corrected chi connectivity index (χ4v) is 3.23. The third kappa shape index (κ3) is 3.89. The van der Waals surface area contributed by atoms with E-state index < -0.39 is 6.10 Å². The fourth-order valence-electron chi connectivity index (χ4n) is 3.23. The van der Waals surface area contributed by atoms with E-state index in [1.807, 2.05) is 61.0 Å². The summed E-state index contributed by atoms with van der Waals surface area (Å²) in [5, 5.41) is 18.5. The largest absolute Gasteiger partial charge is 0.391 e. The predicted molar refractivity (Wildman–Crippen MR) is 99.6 cm³/mol. The number of hydrogen-bond donors (Lipinski definition) is 2. The van der Waals surface area contributed by atoms with Gasteiger partial charge in [0.05, 0.1) is 11.8 Å². The zero-order chi connectivity index (χ0) is 18.0. The molecule has 5 heteroatoms. The van der Waals surface area contributed by atoms with Crippen LogP contribution in [0.25, 0.3) is 5.65 Å². The molecular formula is C20H26N4O. The van der Waals surface area contributed by atoms with Gasteiger partial charge in [0.25, 0.3) is 0 Å². The zero-order valence-corrected chi connectivity index (χ0v) is 15.3. The maximum Gasteiger partial charge on any atom is 0.155 e. The van der Waals surface area contributed by atoms with E-state index in [0.29, 0.717) is 6.42 Å². The van der Waals surface area contributed by atoms with E-state index in [9.17, 15) is 5.11 Å². The molecule has 0 bridgehead atoms. The van der Waals surface area contributed by atoms with Crippen molar-refractivity contribution in [1.29, 1.82) is 0 Å². The van der Waals surface area contributed by atoms with Gasteiger partial charge in [-0.05, 0) is 39.7 Å². The summed E-state index contributed by atoms with van der Waals surface area (Å²) >= 11 is 0. The minimum Gasteiger partial charge on any atom is -0.391 e. The van der Waals surface area contributed by atoms with Crippen LogP contribution in [0.2, 0.25) is 0 Å². The number of aliphatic hydroxyl groups excluding tert-OH is 1. The van der Waals surface area contributed by atoms with Crippen molar-refractivity contribution in [2.45, 2.75) is 52.3 Å². The van der Waals surface area contributed by atoms with Crippen molar-refractivity contribution >= 4 is 5.65 Å². The van der Waals surface area contributed by atoms with Gasteiger partial charge in [0, 0.05) is 35.6 Å². The number of benzene rings is 1. The van der Waals surface area contributed by atoms with Crippen molar-refractivity contribution in [2.75, 3.05) is 0 Å². The molecule has 3 aromatic rings. The van der Waals surface area contributed by atoms with Crippen LogP contribution in [-0.2, 0) is 6.42 Å². The molecule has 0 spiro atoms. The maximum absolute atomic E-state index is 10.5. The molecule has 0 aliphatic carbocycles. The number of rotatable bonds is 6. The molecule has 2 heterocycles. The van der Waals surface area contributed by atoms with Gasteiger partial charge in [-0.1, -0.05) is 30.3 Å². The van der Waals surface area contributed by atoms with E-state index in [1.165, 1.54) is 0 Å². The first-order valence-electron chi connectivity index (χ1n) is 8.75. The topological polar surface area (TPSA) is 62.5 Å². The van der Waals surface area contributed by atoms with Crippen LogP contribution in [0, 0.1) is 13.8 Å². The summed E-state index contributed by atoms with van der Waals surface area (Å²) in [6.07, 6.45) is 2.09.